The maximum Gasteiger partial charge on any atom is 0.327 e. The van der Waals surface area contributed by atoms with Gasteiger partial charge in [0.1, 0.15) is 29.8 Å². The van der Waals surface area contributed by atoms with Crippen molar-refractivity contribution in [2.75, 3.05) is 17.7 Å². The van der Waals surface area contributed by atoms with E-state index in [4.69, 9.17) is 10.5 Å². The number of phosphoric acid groups is 1. The first kappa shape index (κ1) is 17.6. The van der Waals surface area contributed by atoms with E-state index in [2.05, 4.69) is 14.8 Å². The van der Waals surface area contributed by atoms with Crippen LogP contribution in [0.2, 0.25) is 0 Å². The zero-order valence-corrected chi connectivity index (χ0v) is 12.2. The second-order valence-electron chi connectivity index (χ2n) is 4.66. The number of hydrogen-bond acceptors (Lipinski definition) is 11. The minimum Gasteiger partial charge on any atom is -0.790 e. The van der Waals surface area contributed by atoms with Crippen LogP contribution in [-0.4, -0.2) is 51.3 Å². The van der Waals surface area contributed by atoms with Gasteiger partial charge in [0.05, 0.1) is 14.4 Å². The van der Waals surface area contributed by atoms with Crippen LogP contribution >= 0.6 is 7.82 Å². The number of aliphatic hydroxyl groups excluding tert-OH is 2. The lowest BCUT2D eigenvalue weighted by molar-refractivity contribution is -0.343. The molecule has 0 aromatic carbocycles. The number of nitrogen functional groups attached to an aromatic ring is 1. The van der Waals surface area contributed by atoms with Gasteiger partial charge in [-0.05, 0) is 0 Å². The molecule has 1 saturated heterocycles. The largest absolute Gasteiger partial charge is 0.790 e. The van der Waals surface area contributed by atoms with E-state index < -0.39 is 55.9 Å². The quantitative estimate of drug-likeness (QED) is 0.276. The summed E-state index contributed by atoms with van der Waals surface area (Å²) in [6.07, 6.45) is -5.86. The Morgan fingerprint density at radius 3 is 2.57 bits per heavy atom. The molecule has 0 unspecified atom stereocenters. The summed E-state index contributed by atoms with van der Waals surface area (Å²) in [5.41, 5.74) is 3.27. The lowest BCUT2D eigenvalue weighted by Crippen LogP contribution is -2.38. The normalized spacial score (nSPS) is 28.0. The fourth-order valence-electron chi connectivity index (χ4n) is 1.92. The molecule has 0 aliphatic carbocycles. The molecule has 2 rings (SSSR count). The second-order valence-corrected chi connectivity index (χ2v) is 5.81. The van der Waals surface area contributed by atoms with Gasteiger partial charge in [-0.2, -0.15) is 0 Å². The van der Waals surface area contributed by atoms with E-state index >= 15 is 0 Å². The SMILES string of the molecule is Nc1c(N[C@@H]2O[C@H](COP(=O)([O-])[O-])[C@@H](O)[C@H]2O)[nH]c(=O)[nH]c1=O. The minimum absolute atomic E-state index is 0.269. The lowest BCUT2D eigenvalue weighted by Gasteiger charge is -2.30. The molecule has 1 aromatic rings. The standard InChI is InChI=1S/C9H15N4O9P/c10-3-6(12-9(17)13-7(3)16)11-8-5(15)4(14)2(22-8)1-21-23(18,19)20/h2,4-5,8,14-15H,1,10H2,(H2,18,19,20)(H3,11,12,13,16,17)/p-2/t2-,4-,5-,8-/m1/s1. The van der Waals surface area contributed by atoms with Crippen LogP contribution < -0.4 is 32.1 Å². The zero-order valence-electron chi connectivity index (χ0n) is 11.3. The Bertz CT molecular complexity index is 726. The van der Waals surface area contributed by atoms with Crippen molar-refractivity contribution in [3.8, 4) is 0 Å². The molecule has 0 spiro atoms. The molecule has 4 atom stereocenters. The summed E-state index contributed by atoms with van der Waals surface area (Å²) in [5.74, 6) is -0.269. The van der Waals surface area contributed by atoms with E-state index in [0.29, 0.717) is 0 Å². The first-order chi connectivity index (χ1) is 10.6. The smallest absolute Gasteiger partial charge is 0.327 e. The highest BCUT2D eigenvalue weighted by molar-refractivity contribution is 7.43. The molecule has 1 aromatic heterocycles. The van der Waals surface area contributed by atoms with E-state index in [-0.39, 0.29) is 5.82 Å². The van der Waals surface area contributed by atoms with E-state index in [1.165, 1.54) is 0 Å². The monoisotopic (exact) mass is 352 g/mol. The first-order valence-electron chi connectivity index (χ1n) is 6.15. The number of anilines is 2. The highest BCUT2D eigenvalue weighted by Crippen LogP contribution is 2.29. The van der Waals surface area contributed by atoms with Crippen molar-refractivity contribution in [2.45, 2.75) is 24.5 Å². The average molecular weight is 352 g/mol. The third-order valence-corrected chi connectivity index (χ3v) is 3.49. The van der Waals surface area contributed by atoms with Gasteiger partial charge >= 0.3 is 5.69 Å². The predicted octanol–water partition coefficient (Wildman–Crippen LogP) is -4.65. The molecule has 0 saturated carbocycles. The number of phosphoric ester groups is 1. The summed E-state index contributed by atoms with van der Waals surface area (Å²) < 4.78 is 19.5. The van der Waals surface area contributed by atoms with Crippen LogP contribution in [-0.2, 0) is 13.8 Å². The van der Waals surface area contributed by atoms with E-state index in [0.717, 1.165) is 0 Å². The van der Waals surface area contributed by atoms with E-state index in [1.54, 1.807) is 0 Å². The molecule has 1 aliphatic heterocycles. The molecule has 0 bridgehead atoms. The van der Waals surface area contributed by atoms with Gasteiger partial charge in [-0.1, -0.05) is 0 Å². The summed E-state index contributed by atoms with van der Waals surface area (Å²) in [6.45, 7) is -0.817. The highest BCUT2D eigenvalue weighted by atomic mass is 31.2. The van der Waals surface area contributed by atoms with Crippen molar-refractivity contribution in [2.24, 2.45) is 0 Å². The summed E-state index contributed by atoms with van der Waals surface area (Å²) >= 11 is 0. The molecule has 13 nitrogen and oxygen atoms in total. The number of aromatic amines is 2. The highest BCUT2D eigenvalue weighted by Gasteiger charge is 2.43. The van der Waals surface area contributed by atoms with Crippen molar-refractivity contribution >= 4 is 19.3 Å². The average Bonchev–Trinajstić information content (AvgIpc) is 2.69. The summed E-state index contributed by atoms with van der Waals surface area (Å²) in [4.78, 5) is 47.4. The lowest BCUT2D eigenvalue weighted by atomic mass is 10.1. The third kappa shape index (κ3) is 4.17. The number of nitrogens with two attached hydrogens (primary N) is 1. The minimum atomic E-state index is -5.28. The van der Waals surface area contributed by atoms with Crippen LogP contribution in [0, 0.1) is 0 Å². The van der Waals surface area contributed by atoms with Gasteiger partial charge < -0.3 is 44.9 Å². The van der Waals surface area contributed by atoms with Gasteiger partial charge in [0.15, 0.2) is 6.23 Å². The van der Waals surface area contributed by atoms with Gasteiger partial charge in [-0.3, -0.25) is 14.8 Å². The molecule has 130 valence electrons. The molecule has 7 N–H and O–H groups in total. The van der Waals surface area contributed by atoms with Crippen LogP contribution in [0.15, 0.2) is 9.59 Å². The number of H-pyrrole nitrogens is 2. The van der Waals surface area contributed by atoms with Gasteiger partial charge in [0.25, 0.3) is 5.56 Å². The van der Waals surface area contributed by atoms with Gasteiger partial charge in [-0.15, -0.1) is 0 Å². The number of aliphatic hydroxyl groups is 2. The molecule has 0 amide bonds. The Morgan fingerprint density at radius 1 is 1.30 bits per heavy atom. The summed E-state index contributed by atoms with van der Waals surface area (Å²) in [5, 5.41) is 21.9. The number of ether oxygens (including phenoxy) is 1. The van der Waals surface area contributed by atoms with Gasteiger partial charge in [-0.25, -0.2) is 4.79 Å². The zero-order chi connectivity index (χ0) is 17.4. The van der Waals surface area contributed by atoms with Crippen molar-refractivity contribution < 1.29 is 33.8 Å². The molecule has 0 radical (unpaired) electrons. The van der Waals surface area contributed by atoms with Crippen molar-refractivity contribution in [3.05, 3.63) is 20.8 Å². The third-order valence-electron chi connectivity index (χ3n) is 3.03. The first-order valence-corrected chi connectivity index (χ1v) is 7.61. The molecule has 1 fully saturated rings. The fourth-order valence-corrected chi connectivity index (χ4v) is 2.25. The molecule has 2 heterocycles. The Labute approximate surface area is 127 Å². The maximum absolute atomic E-state index is 11.3. The molecule has 1 aliphatic rings. The Hall–Kier alpha value is -1.73. The van der Waals surface area contributed by atoms with Crippen LogP contribution in [0.1, 0.15) is 0 Å². The fraction of sp³-hybridized carbons (Fsp3) is 0.556. The van der Waals surface area contributed by atoms with Crippen molar-refractivity contribution in [1.29, 1.82) is 0 Å². The van der Waals surface area contributed by atoms with Crippen LogP contribution in [0.25, 0.3) is 0 Å². The van der Waals surface area contributed by atoms with E-state index in [9.17, 15) is 34.2 Å². The molecular weight excluding hydrogens is 339 g/mol. The van der Waals surface area contributed by atoms with Gasteiger partial charge in [0.2, 0.25) is 0 Å². The van der Waals surface area contributed by atoms with Crippen LogP contribution in [0.3, 0.4) is 0 Å². The Morgan fingerprint density at radius 2 is 1.96 bits per heavy atom. The van der Waals surface area contributed by atoms with Crippen LogP contribution in [0.4, 0.5) is 11.5 Å². The number of rotatable bonds is 5. The number of aromatic nitrogens is 2. The maximum atomic E-state index is 11.3. The van der Waals surface area contributed by atoms with E-state index in [1.807, 2.05) is 4.98 Å². The summed E-state index contributed by atoms with van der Waals surface area (Å²) in [6, 6.07) is 0. The van der Waals surface area contributed by atoms with Crippen molar-refractivity contribution in [3.63, 3.8) is 0 Å². The second kappa shape index (κ2) is 6.41. The predicted molar refractivity (Wildman–Crippen MR) is 70.0 cm³/mol. The topological polar surface area (TPSA) is 226 Å². The van der Waals surface area contributed by atoms with Crippen LogP contribution in [0.5, 0.6) is 0 Å². The number of nitrogens with one attached hydrogen (secondary N) is 3. The Kier molecular flexibility index (Phi) is 4.91. The Balaban J connectivity index is 2.11. The molecule has 23 heavy (non-hydrogen) atoms. The molecular formula is C9H13N4O9P-2. The molecule has 14 heteroatoms. The van der Waals surface area contributed by atoms with Crippen molar-refractivity contribution in [1.82, 2.24) is 9.97 Å². The van der Waals surface area contributed by atoms with Gasteiger partial charge in [0, 0.05) is 0 Å². The number of hydrogen-bond donors (Lipinski definition) is 6. The summed E-state index contributed by atoms with van der Waals surface area (Å²) in [7, 11) is -5.28.